The van der Waals surface area contributed by atoms with Crippen LogP contribution in [0.4, 0.5) is 0 Å². The fraction of sp³-hybridized carbons (Fsp3) is 0.600. The summed E-state index contributed by atoms with van der Waals surface area (Å²) in [6, 6.07) is 9.29. The number of nitrogens with zero attached hydrogens (tertiary/aromatic N) is 1. The van der Waals surface area contributed by atoms with E-state index in [0.717, 1.165) is 19.4 Å². The van der Waals surface area contributed by atoms with Crippen LogP contribution in [0.2, 0.25) is 0 Å². The molecule has 18 heavy (non-hydrogen) atoms. The molecule has 1 aromatic carbocycles. The van der Waals surface area contributed by atoms with E-state index in [9.17, 15) is 0 Å². The molecule has 1 unspecified atom stereocenters. The highest BCUT2D eigenvalue weighted by atomic mass is 79.9. The zero-order valence-corrected chi connectivity index (χ0v) is 12.4. The Kier molecular flexibility index (Phi) is 5.67. The number of likely N-dealkylation sites (tertiary alicyclic amines) is 1. The standard InChI is InChI=1S/C15H22BrNO/c16-14-7-4-6-13(12-14)15-8-5-10-17(15)9-2-1-3-11-18/h4,6-7,12,15,18H,1-3,5,8-11H2. The lowest BCUT2D eigenvalue weighted by Crippen LogP contribution is -2.24. The van der Waals surface area contributed by atoms with Gasteiger partial charge in [0.25, 0.3) is 0 Å². The van der Waals surface area contributed by atoms with Crippen molar-refractivity contribution in [2.75, 3.05) is 19.7 Å². The lowest BCUT2D eigenvalue weighted by Gasteiger charge is -2.25. The number of hydrogen-bond acceptors (Lipinski definition) is 2. The van der Waals surface area contributed by atoms with Crippen LogP contribution in [-0.2, 0) is 0 Å². The lowest BCUT2D eigenvalue weighted by molar-refractivity contribution is 0.241. The highest BCUT2D eigenvalue weighted by Gasteiger charge is 2.25. The summed E-state index contributed by atoms with van der Waals surface area (Å²) in [5.41, 5.74) is 1.43. The van der Waals surface area contributed by atoms with Gasteiger partial charge in [0.05, 0.1) is 0 Å². The maximum Gasteiger partial charge on any atom is 0.0431 e. The SMILES string of the molecule is OCCCCCN1CCCC1c1cccc(Br)c1. The quantitative estimate of drug-likeness (QED) is 0.809. The Bertz CT molecular complexity index is 369. The van der Waals surface area contributed by atoms with Gasteiger partial charge < -0.3 is 5.11 Å². The molecule has 0 amide bonds. The Morgan fingerprint density at radius 3 is 2.94 bits per heavy atom. The van der Waals surface area contributed by atoms with Crippen LogP contribution >= 0.6 is 15.9 Å². The summed E-state index contributed by atoms with van der Waals surface area (Å²) < 4.78 is 1.17. The topological polar surface area (TPSA) is 23.5 Å². The smallest absolute Gasteiger partial charge is 0.0431 e. The van der Waals surface area contributed by atoms with E-state index in [1.54, 1.807) is 0 Å². The molecule has 0 radical (unpaired) electrons. The van der Waals surface area contributed by atoms with Gasteiger partial charge in [-0.05, 0) is 62.9 Å². The average molecular weight is 312 g/mol. The largest absolute Gasteiger partial charge is 0.396 e. The van der Waals surface area contributed by atoms with Gasteiger partial charge >= 0.3 is 0 Å². The normalized spacial score (nSPS) is 20.4. The third-order valence-electron chi connectivity index (χ3n) is 3.70. The fourth-order valence-corrected chi connectivity index (χ4v) is 3.21. The molecular formula is C15H22BrNO. The predicted molar refractivity (Wildman–Crippen MR) is 78.6 cm³/mol. The van der Waals surface area contributed by atoms with Crippen molar-refractivity contribution in [3.8, 4) is 0 Å². The van der Waals surface area contributed by atoms with Gasteiger partial charge in [-0.25, -0.2) is 0 Å². The minimum Gasteiger partial charge on any atom is -0.396 e. The minimum atomic E-state index is 0.328. The molecule has 2 rings (SSSR count). The van der Waals surface area contributed by atoms with Crippen molar-refractivity contribution in [3.63, 3.8) is 0 Å². The fourth-order valence-electron chi connectivity index (χ4n) is 2.79. The minimum absolute atomic E-state index is 0.328. The maximum absolute atomic E-state index is 8.80. The summed E-state index contributed by atoms with van der Waals surface area (Å²) >= 11 is 3.56. The van der Waals surface area contributed by atoms with Gasteiger partial charge in [0.15, 0.2) is 0 Å². The number of unbranched alkanes of at least 4 members (excludes halogenated alkanes) is 2. The van der Waals surface area contributed by atoms with Crippen molar-refractivity contribution < 1.29 is 5.11 Å². The molecule has 0 aromatic heterocycles. The van der Waals surface area contributed by atoms with Gasteiger partial charge in [0, 0.05) is 17.1 Å². The summed E-state index contributed by atoms with van der Waals surface area (Å²) in [5, 5.41) is 8.80. The Labute approximate surface area is 118 Å². The van der Waals surface area contributed by atoms with Crippen molar-refractivity contribution >= 4 is 15.9 Å². The number of rotatable bonds is 6. The number of aliphatic hydroxyl groups excluding tert-OH is 1. The number of halogens is 1. The Morgan fingerprint density at radius 2 is 2.17 bits per heavy atom. The molecule has 100 valence electrons. The molecule has 0 aliphatic carbocycles. The van der Waals surface area contributed by atoms with E-state index >= 15 is 0 Å². The number of hydrogen-bond donors (Lipinski definition) is 1. The average Bonchev–Trinajstić information content (AvgIpc) is 2.83. The van der Waals surface area contributed by atoms with E-state index in [4.69, 9.17) is 5.11 Å². The van der Waals surface area contributed by atoms with Crippen LogP contribution in [0.25, 0.3) is 0 Å². The van der Waals surface area contributed by atoms with Crippen LogP contribution < -0.4 is 0 Å². The third-order valence-corrected chi connectivity index (χ3v) is 4.19. The first kappa shape index (κ1) is 14.0. The zero-order chi connectivity index (χ0) is 12.8. The Balaban J connectivity index is 1.91. The second-order valence-corrected chi connectivity index (χ2v) is 5.95. The number of benzene rings is 1. The van der Waals surface area contributed by atoms with Gasteiger partial charge in [-0.15, -0.1) is 0 Å². The van der Waals surface area contributed by atoms with Crippen molar-refractivity contribution in [1.29, 1.82) is 0 Å². The van der Waals surface area contributed by atoms with Crippen LogP contribution in [0, 0.1) is 0 Å². The molecule has 1 fully saturated rings. The summed E-state index contributed by atoms with van der Waals surface area (Å²) in [6.07, 6.45) is 5.85. The highest BCUT2D eigenvalue weighted by Crippen LogP contribution is 2.33. The molecule has 0 bridgehead atoms. The summed E-state index contributed by atoms with van der Waals surface area (Å²) in [5.74, 6) is 0. The summed E-state index contributed by atoms with van der Waals surface area (Å²) in [6.45, 7) is 2.71. The van der Waals surface area contributed by atoms with E-state index in [0.29, 0.717) is 12.6 Å². The first-order valence-corrected chi connectivity index (χ1v) is 7.71. The van der Waals surface area contributed by atoms with E-state index < -0.39 is 0 Å². The molecule has 1 aromatic rings. The van der Waals surface area contributed by atoms with Crippen LogP contribution in [0.3, 0.4) is 0 Å². The zero-order valence-electron chi connectivity index (χ0n) is 10.8. The van der Waals surface area contributed by atoms with Crippen molar-refractivity contribution in [2.24, 2.45) is 0 Å². The Morgan fingerprint density at radius 1 is 1.28 bits per heavy atom. The number of aliphatic hydroxyl groups is 1. The van der Waals surface area contributed by atoms with E-state index in [-0.39, 0.29) is 0 Å². The van der Waals surface area contributed by atoms with Gasteiger partial charge in [0.1, 0.15) is 0 Å². The molecule has 1 saturated heterocycles. The van der Waals surface area contributed by atoms with E-state index in [1.807, 2.05) is 0 Å². The van der Waals surface area contributed by atoms with Crippen LogP contribution in [0.1, 0.15) is 43.7 Å². The molecule has 1 aliphatic rings. The predicted octanol–water partition coefficient (Wildman–Crippen LogP) is 3.75. The van der Waals surface area contributed by atoms with E-state index in [1.165, 1.54) is 35.8 Å². The monoisotopic (exact) mass is 311 g/mol. The van der Waals surface area contributed by atoms with Gasteiger partial charge in [0.2, 0.25) is 0 Å². The maximum atomic E-state index is 8.80. The molecule has 1 N–H and O–H groups in total. The molecular weight excluding hydrogens is 290 g/mol. The molecule has 1 heterocycles. The van der Waals surface area contributed by atoms with Crippen LogP contribution in [0.5, 0.6) is 0 Å². The third kappa shape index (κ3) is 3.81. The molecule has 1 aliphatic heterocycles. The van der Waals surface area contributed by atoms with Crippen molar-refractivity contribution in [1.82, 2.24) is 4.90 Å². The van der Waals surface area contributed by atoms with Crippen LogP contribution in [-0.4, -0.2) is 29.7 Å². The lowest BCUT2D eigenvalue weighted by atomic mass is 10.0. The Hall–Kier alpha value is -0.380. The van der Waals surface area contributed by atoms with E-state index in [2.05, 4.69) is 45.1 Å². The highest BCUT2D eigenvalue weighted by molar-refractivity contribution is 9.10. The van der Waals surface area contributed by atoms with Crippen molar-refractivity contribution in [3.05, 3.63) is 34.3 Å². The molecule has 3 heteroatoms. The van der Waals surface area contributed by atoms with Crippen molar-refractivity contribution in [2.45, 2.75) is 38.1 Å². The second kappa shape index (κ2) is 7.27. The van der Waals surface area contributed by atoms with Gasteiger partial charge in [-0.1, -0.05) is 28.1 Å². The van der Waals surface area contributed by atoms with Gasteiger partial charge in [-0.2, -0.15) is 0 Å². The molecule has 0 saturated carbocycles. The summed E-state index contributed by atoms with van der Waals surface area (Å²) in [4.78, 5) is 2.60. The van der Waals surface area contributed by atoms with Crippen LogP contribution in [0.15, 0.2) is 28.7 Å². The molecule has 1 atom stereocenters. The molecule has 0 spiro atoms. The second-order valence-electron chi connectivity index (χ2n) is 5.03. The summed E-state index contributed by atoms with van der Waals surface area (Å²) in [7, 11) is 0. The first-order chi connectivity index (χ1) is 8.81. The molecule has 2 nitrogen and oxygen atoms in total. The first-order valence-electron chi connectivity index (χ1n) is 6.91. The van der Waals surface area contributed by atoms with Gasteiger partial charge in [-0.3, -0.25) is 4.90 Å².